The molecule has 0 spiro atoms. The molecule has 0 saturated carbocycles. The molecule has 0 bridgehead atoms. The van der Waals surface area contributed by atoms with Gasteiger partial charge in [0.1, 0.15) is 0 Å². The van der Waals surface area contributed by atoms with Crippen molar-refractivity contribution in [3.8, 4) is 11.4 Å². The summed E-state index contributed by atoms with van der Waals surface area (Å²) < 4.78 is 7.34. The maximum atomic E-state index is 5.37. The van der Waals surface area contributed by atoms with Crippen molar-refractivity contribution in [3.63, 3.8) is 0 Å². The van der Waals surface area contributed by atoms with Crippen molar-refractivity contribution in [2.75, 3.05) is 0 Å². The first-order valence-corrected chi connectivity index (χ1v) is 8.17. The molecular formula is C18H23N5O. The van der Waals surface area contributed by atoms with Crippen molar-refractivity contribution < 1.29 is 4.52 Å². The van der Waals surface area contributed by atoms with Crippen LogP contribution in [0.4, 0.5) is 0 Å². The Kier molecular flexibility index (Phi) is 4.76. The van der Waals surface area contributed by atoms with Gasteiger partial charge >= 0.3 is 0 Å². The van der Waals surface area contributed by atoms with Gasteiger partial charge in [-0.2, -0.15) is 10.1 Å². The van der Waals surface area contributed by atoms with Crippen LogP contribution in [-0.4, -0.2) is 26.0 Å². The normalized spacial score (nSPS) is 13.8. The average molecular weight is 325 g/mol. The maximum Gasteiger partial charge on any atom is 0.240 e. The first-order valence-electron chi connectivity index (χ1n) is 8.17. The summed E-state index contributed by atoms with van der Waals surface area (Å²) in [5, 5.41) is 11.9. The lowest BCUT2D eigenvalue weighted by Gasteiger charge is -2.20. The van der Waals surface area contributed by atoms with E-state index in [0.717, 1.165) is 16.7 Å². The van der Waals surface area contributed by atoms with E-state index in [1.165, 1.54) is 0 Å². The van der Waals surface area contributed by atoms with E-state index < -0.39 is 0 Å². The van der Waals surface area contributed by atoms with Crippen LogP contribution in [0.25, 0.3) is 11.4 Å². The quantitative estimate of drug-likeness (QED) is 0.753. The molecule has 6 heteroatoms. The van der Waals surface area contributed by atoms with Gasteiger partial charge < -0.3 is 9.84 Å². The highest BCUT2D eigenvalue weighted by atomic mass is 16.5. The summed E-state index contributed by atoms with van der Waals surface area (Å²) in [5.74, 6) is 1.22. The molecule has 0 aliphatic carbocycles. The van der Waals surface area contributed by atoms with Crippen molar-refractivity contribution in [2.45, 2.75) is 46.3 Å². The standard InChI is InChI=1S/C18H23N5O/c1-12-9-20-23(11-12)15(4)14(3)19-10-17-21-18(22-24-17)16-8-6-5-7-13(16)2/h5-9,11,14-15,19H,10H2,1-4H3/t14-,15+/m1/s1. The second kappa shape index (κ2) is 6.97. The Hall–Kier alpha value is -2.47. The van der Waals surface area contributed by atoms with Crippen molar-refractivity contribution in [2.24, 2.45) is 0 Å². The minimum Gasteiger partial charge on any atom is -0.338 e. The molecule has 0 amide bonds. The van der Waals surface area contributed by atoms with Gasteiger partial charge in [0.25, 0.3) is 0 Å². The maximum absolute atomic E-state index is 5.37. The summed E-state index contributed by atoms with van der Waals surface area (Å²) in [6.45, 7) is 8.88. The van der Waals surface area contributed by atoms with Crippen molar-refractivity contribution in [1.29, 1.82) is 0 Å². The molecule has 0 aliphatic heterocycles. The summed E-state index contributed by atoms with van der Waals surface area (Å²) in [5.41, 5.74) is 3.30. The fourth-order valence-electron chi connectivity index (χ4n) is 2.56. The molecule has 1 N–H and O–H groups in total. The summed E-state index contributed by atoms with van der Waals surface area (Å²) in [4.78, 5) is 4.49. The van der Waals surface area contributed by atoms with E-state index in [4.69, 9.17) is 4.52 Å². The molecule has 1 aromatic carbocycles. The highest BCUT2D eigenvalue weighted by molar-refractivity contribution is 5.58. The van der Waals surface area contributed by atoms with E-state index in [2.05, 4.69) is 34.4 Å². The van der Waals surface area contributed by atoms with Crippen molar-refractivity contribution in [1.82, 2.24) is 25.2 Å². The summed E-state index contributed by atoms with van der Waals surface area (Å²) in [6, 6.07) is 8.48. The minimum atomic E-state index is 0.220. The fourth-order valence-corrected chi connectivity index (χ4v) is 2.56. The zero-order valence-electron chi connectivity index (χ0n) is 14.5. The molecule has 6 nitrogen and oxygen atoms in total. The molecule has 24 heavy (non-hydrogen) atoms. The third-order valence-electron chi connectivity index (χ3n) is 4.30. The van der Waals surface area contributed by atoms with Crippen LogP contribution in [0.15, 0.2) is 41.2 Å². The monoisotopic (exact) mass is 325 g/mol. The Morgan fingerprint density at radius 3 is 2.71 bits per heavy atom. The van der Waals surface area contributed by atoms with Crippen molar-refractivity contribution >= 4 is 0 Å². The highest BCUT2D eigenvalue weighted by Crippen LogP contribution is 2.20. The van der Waals surface area contributed by atoms with Gasteiger partial charge in [0.2, 0.25) is 11.7 Å². The molecule has 3 rings (SSSR count). The van der Waals surface area contributed by atoms with E-state index in [1.54, 1.807) is 0 Å². The van der Waals surface area contributed by atoms with Gasteiger partial charge in [0.15, 0.2) is 0 Å². The van der Waals surface area contributed by atoms with Crippen LogP contribution in [-0.2, 0) is 6.54 Å². The Bertz CT molecular complexity index is 807. The summed E-state index contributed by atoms with van der Waals surface area (Å²) in [6.07, 6.45) is 3.92. The van der Waals surface area contributed by atoms with Gasteiger partial charge in [0, 0.05) is 17.8 Å². The summed E-state index contributed by atoms with van der Waals surface area (Å²) in [7, 11) is 0. The number of hydrogen-bond acceptors (Lipinski definition) is 5. The first-order chi connectivity index (χ1) is 11.5. The Morgan fingerprint density at radius 2 is 2.00 bits per heavy atom. The topological polar surface area (TPSA) is 68.8 Å². The van der Waals surface area contributed by atoms with Crippen LogP contribution in [0.3, 0.4) is 0 Å². The van der Waals surface area contributed by atoms with E-state index in [-0.39, 0.29) is 12.1 Å². The Balaban J connectivity index is 1.62. The van der Waals surface area contributed by atoms with Gasteiger partial charge in [-0.3, -0.25) is 4.68 Å². The van der Waals surface area contributed by atoms with Crippen molar-refractivity contribution in [3.05, 3.63) is 53.7 Å². The predicted octanol–water partition coefficient (Wildman–Crippen LogP) is 3.29. The van der Waals surface area contributed by atoms with E-state index in [0.29, 0.717) is 18.3 Å². The molecule has 0 fully saturated rings. The van der Waals surface area contributed by atoms with Gasteiger partial charge in [-0.15, -0.1) is 0 Å². The Labute approximate surface area is 141 Å². The number of hydrogen-bond donors (Lipinski definition) is 1. The lowest BCUT2D eigenvalue weighted by Crippen LogP contribution is -2.33. The fraction of sp³-hybridized carbons (Fsp3) is 0.389. The molecule has 0 unspecified atom stereocenters. The zero-order valence-corrected chi connectivity index (χ0v) is 14.5. The van der Waals surface area contributed by atoms with Crippen LogP contribution < -0.4 is 5.32 Å². The highest BCUT2D eigenvalue weighted by Gasteiger charge is 2.16. The van der Waals surface area contributed by atoms with Crippen LogP contribution in [0.1, 0.15) is 36.9 Å². The largest absolute Gasteiger partial charge is 0.338 e. The molecule has 2 aromatic heterocycles. The molecule has 2 heterocycles. The second-order valence-electron chi connectivity index (χ2n) is 6.23. The molecule has 126 valence electrons. The molecule has 0 aliphatic rings. The van der Waals surface area contributed by atoms with Gasteiger partial charge in [0.05, 0.1) is 18.8 Å². The van der Waals surface area contributed by atoms with E-state index >= 15 is 0 Å². The lowest BCUT2D eigenvalue weighted by molar-refractivity contribution is 0.325. The predicted molar refractivity (Wildman–Crippen MR) is 92.4 cm³/mol. The lowest BCUT2D eigenvalue weighted by atomic mass is 10.1. The molecule has 0 radical (unpaired) electrons. The summed E-state index contributed by atoms with van der Waals surface area (Å²) >= 11 is 0. The zero-order chi connectivity index (χ0) is 17.1. The van der Waals surface area contributed by atoms with Crippen LogP contribution in [0.2, 0.25) is 0 Å². The molecule has 0 saturated heterocycles. The molecule has 2 atom stereocenters. The van der Waals surface area contributed by atoms with Crippen LogP contribution in [0, 0.1) is 13.8 Å². The van der Waals surface area contributed by atoms with Gasteiger partial charge in [-0.25, -0.2) is 0 Å². The number of nitrogens with one attached hydrogen (secondary N) is 1. The number of benzene rings is 1. The number of aromatic nitrogens is 4. The second-order valence-corrected chi connectivity index (χ2v) is 6.23. The number of aryl methyl sites for hydroxylation is 2. The van der Waals surface area contributed by atoms with E-state index in [1.807, 2.05) is 55.2 Å². The first kappa shape index (κ1) is 16.4. The smallest absolute Gasteiger partial charge is 0.240 e. The van der Waals surface area contributed by atoms with Crippen LogP contribution in [0.5, 0.6) is 0 Å². The molecule has 3 aromatic rings. The number of rotatable bonds is 6. The minimum absolute atomic E-state index is 0.220. The third kappa shape index (κ3) is 3.54. The average Bonchev–Trinajstić information content (AvgIpc) is 3.21. The van der Waals surface area contributed by atoms with Gasteiger partial charge in [-0.05, 0) is 38.8 Å². The third-order valence-corrected chi connectivity index (χ3v) is 4.30. The SMILES string of the molecule is Cc1cnn([C@@H](C)[C@@H](C)NCc2nc(-c3ccccc3C)no2)c1. The van der Waals surface area contributed by atoms with Gasteiger partial charge in [-0.1, -0.05) is 29.4 Å². The van der Waals surface area contributed by atoms with Crippen LogP contribution >= 0.6 is 0 Å². The molecular weight excluding hydrogens is 302 g/mol. The Morgan fingerprint density at radius 1 is 1.21 bits per heavy atom. The number of nitrogens with zero attached hydrogens (tertiary/aromatic N) is 4. The van der Waals surface area contributed by atoms with E-state index in [9.17, 15) is 0 Å².